The van der Waals surface area contributed by atoms with Crippen LogP contribution in [0.4, 0.5) is 5.69 Å². The molecule has 0 bridgehead atoms. The van der Waals surface area contributed by atoms with Gasteiger partial charge in [0.1, 0.15) is 5.25 Å². The van der Waals surface area contributed by atoms with Crippen molar-refractivity contribution < 1.29 is 14.7 Å². The number of benzene rings is 1. The van der Waals surface area contributed by atoms with Crippen LogP contribution in [0.25, 0.3) is 0 Å². The molecule has 0 aliphatic carbocycles. The van der Waals surface area contributed by atoms with Crippen LogP contribution in [-0.4, -0.2) is 22.2 Å². The van der Waals surface area contributed by atoms with Gasteiger partial charge in [-0.05, 0) is 25.0 Å². The third kappa shape index (κ3) is 4.77. The highest BCUT2D eigenvalue weighted by molar-refractivity contribution is 8.00. The fourth-order valence-electron chi connectivity index (χ4n) is 1.59. The maximum absolute atomic E-state index is 12.3. The highest BCUT2D eigenvalue weighted by atomic mass is 32.2. The van der Waals surface area contributed by atoms with E-state index in [1.807, 2.05) is 45.9 Å². The number of carboxylic acids is 1. The molecule has 0 saturated heterocycles. The molecular weight excluding hydrogens is 286 g/mol. The van der Waals surface area contributed by atoms with Crippen LogP contribution in [-0.2, 0) is 9.59 Å². The molecule has 2 N–H and O–H groups in total. The van der Waals surface area contributed by atoms with Gasteiger partial charge in [-0.15, -0.1) is 11.8 Å². The second-order valence-corrected chi connectivity index (χ2v) is 6.79. The Morgan fingerprint density at radius 1 is 1.29 bits per heavy atom. The molecule has 0 radical (unpaired) electrons. The first-order chi connectivity index (χ1) is 9.81. The zero-order chi connectivity index (χ0) is 16.0. The van der Waals surface area contributed by atoms with Crippen molar-refractivity contribution in [1.82, 2.24) is 0 Å². The summed E-state index contributed by atoms with van der Waals surface area (Å²) in [6.07, 6.45) is 1.27. The van der Waals surface area contributed by atoms with E-state index < -0.39 is 16.6 Å². The first kappa shape index (κ1) is 17.6. The predicted molar refractivity (Wildman–Crippen MR) is 86.7 cm³/mol. The Balaban J connectivity index is 2.94. The fraction of sp³-hybridized carbons (Fsp3) is 0.500. The Labute approximate surface area is 130 Å². The molecule has 0 aliphatic heterocycles. The lowest BCUT2D eigenvalue weighted by molar-refractivity contribution is -0.136. The summed E-state index contributed by atoms with van der Waals surface area (Å²) in [6, 6.07) is 7.32. The second-order valence-electron chi connectivity index (χ2n) is 5.54. The molecular formula is C16H23NO3S. The van der Waals surface area contributed by atoms with Gasteiger partial charge in [-0.3, -0.25) is 9.59 Å². The quantitative estimate of drug-likeness (QED) is 0.747. The Morgan fingerprint density at radius 3 is 2.43 bits per heavy atom. The summed E-state index contributed by atoms with van der Waals surface area (Å²) in [4.78, 5) is 24.2. The molecule has 1 amide bonds. The summed E-state index contributed by atoms with van der Waals surface area (Å²) >= 11 is 1.27. The average molecular weight is 309 g/mol. The van der Waals surface area contributed by atoms with Crippen LogP contribution < -0.4 is 5.32 Å². The van der Waals surface area contributed by atoms with Crippen LogP contribution in [0.1, 0.15) is 40.5 Å². The minimum Gasteiger partial charge on any atom is -0.480 e. The standard InChI is InChI=1S/C16H23NO3S/c1-5-12(14(18)19)21-13-10-8-7-9-11(13)17-15(20)16(3,4)6-2/h7-10,12H,5-6H2,1-4H3,(H,17,20)(H,18,19)/t12-/m0/s1. The molecule has 5 heteroatoms. The third-order valence-corrected chi connectivity index (χ3v) is 4.98. The molecule has 0 spiro atoms. The lowest BCUT2D eigenvalue weighted by Crippen LogP contribution is -2.30. The predicted octanol–water partition coefficient (Wildman–Crippen LogP) is 4.02. The molecule has 0 unspecified atom stereocenters. The van der Waals surface area contributed by atoms with E-state index in [1.165, 1.54) is 11.8 Å². The number of nitrogens with one attached hydrogen (secondary N) is 1. The van der Waals surface area contributed by atoms with E-state index in [0.29, 0.717) is 12.1 Å². The van der Waals surface area contributed by atoms with Gasteiger partial charge in [-0.2, -0.15) is 0 Å². The van der Waals surface area contributed by atoms with Gasteiger partial charge in [0.05, 0.1) is 5.69 Å². The summed E-state index contributed by atoms with van der Waals surface area (Å²) < 4.78 is 0. The van der Waals surface area contributed by atoms with E-state index in [1.54, 1.807) is 6.07 Å². The van der Waals surface area contributed by atoms with Crippen molar-refractivity contribution >= 4 is 29.3 Å². The number of aliphatic carboxylic acids is 1. The van der Waals surface area contributed by atoms with Gasteiger partial charge in [-0.25, -0.2) is 0 Å². The maximum atomic E-state index is 12.3. The molecule has 0 heterocycles. The fourth-order valence-corrected chi connectivity index (χ4v) is 2.56. The van der Waals surface area contributed by atoms with Crippen molar-refractivity contribution in [3.63, 3.8) is 0 Å². The van der Waals surface area contributed by atoms with Crippen LogP contribution in [0, 0.1) is 5.41 Å². The van der Waals surface area contributed by atoms with Gasteiger partial charge in [-0.1, -0.05) is 39.8 Å². The number of carbonyl (C=O) groups excluding carboxylic acids is 1. The number of anilines is 1. The van der Waals surface area contributed by atoms with E-state index in [2.05, 4.69) is 5.32 Å². The topological polar surface area (TPSA) is 66.4 Å². The summed E-state index contributed by atoms with van der Waals surface area (Å²) in [5, 5.41) is 11.6. The smallest absolute Gasteiger partial charge is 0.316 e. The van der Waals surface area contributed by atoms with Crippen LogP contribution >= 0.6 is 11.8 Å². The number of amides is 1. The van der Waals surface area contributed by atoms with Crippen LogP contribution in [0.15, 0.2) is 29.2 Å². The first-order valence-corrected chi connectivity index (χ1v) is 7.99. The minimum atomic E-state index is -0.836. The van der Waals surface area contributed by atoms with E-state index in [4.69, 9.17) is 5.11 Å². The number of thioether (sulfide) groups is 1. The van der Waals surface area contributed by atoms with Crippen LogP contribution in [0.2, 0.25) is 0 Å². The molecule has 4 nitrogen and oxygen atoms in total. The van der Waals surface area contributed by atoms with Crippen LogP contribution in [0.3, 0.4) is 0 Å². The number of rotatable bonds is 7. The van der Waals surface area contributed by atoms with Gasteiger partial charge in [0.15, 0.2) is 0 Å². The SMILES string of the molecule is CC[C@H](Sc1ccccc1NC(=O)C(C)(C)CC)C(=O)O. The Bertz CT molecular complexity index is 514. The molecule has 0 saturated carbocycles. The molecule has 0 aliphatic rings. The summed E-state index contributed by atoms with van der Waals surface area (Å²) in [5.74, 6) is -0.890. The van der Waals surface area contributed by atoms with Crippen molar-refractivity contribution in [2.75, 3.05) is 5.32 Å². The number of carbonyl (C=O) groups is 2. The monoisotopic (exact) mass is 309 g/mol. The molecule has 1 aromatic rings. The zero-order valence-electron chi connectivity index (χ0n) is 13.0. The van der Waals surface area contributed by atoms with Gasteiger partial charge >= 0.3 is 5.97 Å². The average Bonchev–Trinajstić information content (AvgIpc) is 2.45. The van der Waals surface area contributed by atoms with E-state index >= 15 is 0 Å². The molecule has 1 atom stereocenters. The molecule has 0 fully saturated rings. The van der Waals surface area contributed by atoms with Crippen molar-refractivity contribution in [3.8, 4) is 0 Å². The van der Waals surface area contributed by atoms with Gasteiger partial charge < -0.3 is 10.4 Å². The summed E-state index contributed by atoms with van der Waals surface area (Å²) in [6.45, 7) is 7.60. The molecule has 1 aromatic carbocycles. The number of carboxylic acid groups (broad SMARTS) is 1. The lowest BCUT2D eigenvalue weighted by Gasteiger charge is -2.22. The third-order valence-electron chi connectivity index (χ3n) is 3.55. The van der Waals surface area contributed by atoms with Gasteiger partial charge in [0.25, 0.3) is 0 Å². The van der Waals surface area contributed by atoms with Crippen molar-refractivity contribution in [1.29, 1.82) is 0 Å². The lowest BCUT2D eigenvalue weighted by atomic mass is 9.89. The largest absolute Gasteiger partial charge is 0.480 e. The van der Waals surface area contributed by atoms with Crippen molar-refractivity contribution in [2.45, 2.75) is 50.7 Å². The van der Waals surface area contributed by atoms with Gasteiger partial charge in [0, 0.05) is 10.3 Å². The molecule has 116 valence electrons. The molecule has 0 aromatic heterocycles. The van der Waals surface area contributed by atoms with E-state index in [-0.39, 0.29) is 5.91 Å². The first-order valence-electron chi connectivity index (χ1n) is 7.11. The summed E-state index contributed by atoms with van der Waals surface area (Å²) in [7, 11) is 0. The highest BCUT2D eigenvalue weighted by Gasteiger charge is 2.26. The molecule has 21 heavy (non-hydrogen) atoms. The number of para-hydroxylation sites is 1. The second kappa shape index (κ2) is 7.50. The van der Waals surface area contributed by atoms with Crippen molar-refractivity contribution in [3.05, 3.63) is 24.3 Å². The Kier molecular flexibility index (Phi) is 6.27. The Morgan fingerprint density at radius 2 is 1.90 bits per heavy atom. The van der Waals surface area contributed by atoms with Gasteiger partial charge in [0.2, 0.25) is 5.91 Å². The molecule has 1 rings (SSSR count). The normalized spacial score (nSPS) is 12.8. The number of hydrogen-bond donors (Lipinski definition) is 2. The minimum absolute atomic E-state index is 0.0542. The van der Waals surface area contributed by atoms with E-state index in [0.717, 1.165) is 11.3 Å². The van der Waals surface area contributed by atoms with Crippen molar-refractivity contribution in [2.24, 2.45) is 5.41 Å². The maximum Gasteiger partial charge on any atom is 0.316 e. The zero-order valence-corrected chi connectivity index (χ0v) is 13.8. The highest BCUT2D eigenvalue weighted by Crippen LogP contribution is 2.33. The summed E-state index contributed by atoms with van der Waals surface area (Å²) in [5.41, 5.74) is 0.225. The van der Waals surface area contributed by atoms with Crippen LogP contribution in [0.5, 0.6) is 0 Å². The number of hydrogen-bond acceptors (Lipinski definition) is 3. The van der Waals surface area contributed by atoms with E-state index in [9.17, 15) is 9.59 Å². The Hall–Kier alpha value is -1.49.